The fraction of sp³-hybridized carbons (Fsp3) is 0.458. The Morgan fingerprint density at radius 2 is 1.84 bits per heavy atom. The molecule has 1 aliphatic rings. The zero-order chi connectivity index (χ0) is 23.0. The normalized spacial score (nSPS) is 17.5. The zero-order valence-corrected chi connectivity index (χ0v) is 19.9. The van der Waals surface area contributed by atoms with E-state index in [9.17, 15) is 13.2 Å². The van der Waals surface area contributed by atoms with Gasteiger partial charge in [0.25, 0.3) is 5.91 Å². The lowest BCUT2D eigenvalue weighted by molar-refractivity contribution is -0.128. The number of anilines is 1. The van der Waals surface area contributed by atoms with Crippen molar-refractivity contribution in [2.75, 3.05) is 17.1 Å². The van der Waals surface area contributed by atoms with Crippen LogP contribution >= 0.6 is 0 Å². The molecule has 0 aliphatic carbocycles. The molecule has 0 aromatic heterocycles. The maximum absolute atomic E-state index is 13.0. The number of hydrogen-bond donors (Lipinski definition) is 1. The molecule has 31 heavy (non-hydrogen) atoms. The van der Waals surface area contributed by atoms with Gasteiger partial charge in [-0.05, 0) is 47.6 Å². The number of rotatable bonds is 5. The number of benzene rings is 2. The molecular weight excluding hydrogens is 412 g/mol. The molecule has 1 N–H and O–H groups in total. The molecular formula is C24H32N2O4S. The number of nitrogens with one attached hydrogen (secondary N) is 1. The molecule has 0 spiro atoms. The summed E-state index contributed by atoms with van der Waals surface area (Å²) in [6, 6.07) is 13.4. The van der Waals surface area contributed by atoms with E-state index >= 15 is 0 Å². The van der Waals surface area contributed by atoms with Gasteiger partial charge in [0.2, 0.25) is 10.0 Å². The second-order valence-electron chi connectivity index (χ2n) is 9.16. The van der Waals surface area contributed by atoms with Crippen LogP contribution in [-0.2, 0) is 26.7 Å². The molecule has 0 saturated heterocycles. The third-order valence-electron chi connectivity index (χ3n) is 5.63. The lowest BCUT2D eigenvalue weighted by Gasteiger charge is -2.35. The van der Waals surface area contributed by atoms with Gasteiger partial charge in [-0.15, -0.1) is 0 Å². The van der Waals surface area contributed by atoms with Gasteiger partial charge in [-0.25, -0.2) is 8.42 Å². The SMILES string of the molecule is CCc1ccc([C@H](C)NC(=O)[C@@H]2CN(S(C)(=O)=O)c3cc(C(C)(C)C)ccc3O2)cc1. The van der Waals surface area contributed by atoms with E-state index in [2.05, 4.69) is 33.0 Å². The Morgan fingerprint density at radius 1 is 1.19 bits per heavy atom. The lowest BCUT2D eigenvalue weighted by atomic mass is 9.86. The van der Waals surface area contributed by atoms with Gasteiger partial charge in [-0.1, -0.05) is 58.0 Å². The van der Waals surface area contributed by atoms with Crippen molar-refractivity contribution in [1.82, 2.24) is 5.32 Å². The van der Waals surface area contributed by atoms with Crippen molar-refractivity contribution >= 4 is 21.6 Å². The van der Waals surface area contributed by atoms with Gasteiger partial charge in [0.05, 0.1) is 24.5 Å². The smallest absolute Gasteiger partial charge is 0.263 e. The van der Waals surface area contributed by atoms with Gasteiger partial charge >= 0.3 is 0 Å². The first-order chi connectivity index (χ1) is 14.4. The molecule has 0 bridgehead atoms. The molecule has 6 nitrogen and oxygen atoms in total. The molecule has 1 amide bonds. The topological polar surface area (TPSA) is 75.7 Å². The van der Waals surface area contributed by atoms with Gasteiger partial charge in [0, 0.05) is 0 Å². The number of sulfonamides is 1. The first-order valence-corrected chi connectivity index (χ1v) is 12.4. The van der Waals surface area contributed by atoms with Crippen LogP contribution in [0.1, 0.15) is 57.4 Å². The van der Waals surface area contributed by atoms with E-state index in [0.717, 1.165) is 23.8 Å². The Hall–Kier alpha value is -2.54. The standard InChI is InChI=1S/C24H32N2O4S/c1-7-17-8-10-18(11-9-17)16(2)25-23(27)22-15-26(31(6,28)29)20-14-19(24(3,4)5)12-13-21(20)30-22/h8-14,16,22H,7,15H2,1-6H3,(H,25,27)/t16-,22-/m0/s1. The summed E-state index contributed by atoms with van der Waals surface area (Å²) in [5.74, 6) is 0.0519. The number of nitrogens with zero attached hydrogens (tertiary/aromatic N) is 1. The van der Waals surface area contributed by atoms with E-state index in [1.54, 1.807) is 6.07 Å². The second-order valence-corrected chi connectivity index (χ2v) is 11.1. The number of aryl methyl sites for hydroxylation is 1. The Morgan fingerprint density at radius 3 is 2.39 bits per heavy atom. The van der Waals surface area contributed by atoms with E-state index in [4.69, 9.17) is 4.74 Å². The fourth-order valence-corrected chi connectivity index (χ4v) is 4.51. The molecule has 0 fully saturated rings. The Kier molecular flexibility index (Phi) is 6.37. The maximum Gasteiger partial charge on any atom is 0.263 e. The third kappa shape index (κ3) is 5.21. The van der Waals surface area contributed by atoms with Gasteiger partial charge in [0.1, 0.15) is 5.75 Å². The van der Waals surface area contributed by atoms with Gasteiger partial charge in [-0.3, -0.25) is 9.10 Å². The molecule has 1 heterocycles. The van der Waals surface area contributed by atoms with E-state index in [1.165, 1.54) is 9.87 Å². The predicted octanol–water partition coefficient (Wildman–Crippen LogP) is 3.95. The minimum Gasteiger partial charge on any atom is -0.476 e. The largest absolute Gasteiger partial charge is 0.476 e. The van der Waals surface area contributed by atoms with E-state index in [-0.39, 0.29) is 23.9 Å². The van der Waals surface area contributed by atoms with Crippen molar-refractivity contribution in [3.05, 3.63) is 59.2 Å². The summed E-state index contributed by atoms with van der Waals surface area (Å²) in [7, 11) is -3.58. The molecule has 2 aromatic carbocycles. The summed E-state index contributed by atoms with van der Waals surface area (Å²) < 4.78 is 32.3. The third-order valence-corrected chi connectivity index (χ3v) is 6.78. The number of amides is 1. The number of fused-ring (bicyclic) bond motifs is 1. The summed E-state index contributed by atoms with van der Waals surface area (Å²) in [6.45, 7) is 10.1. The van der Waals surface area contributed by atoms with Crippen LogP contribution in [0, 0.1) is 0 Å². The van der Waals surface area contributed by atoms with Crippen LogP contribution in [0.4, 0.5) is 5.69 Å². The predicted molar refractivity (Wildman–Crippen MR) is 124 cm³/mol. The quantitative estimate of drug-likeness (QED) is 0.758. The highest BCUT2D eigenvalue weighted by atomic mass is 32.2. The maximum atomic E-state index is 13.0. The molecule has 1 aliphatic heterocycles. The van der Waals surface area contributed by atoms with Crippen LogP contribution in [0.25, 0.3) is 0 Å². The fourth-order valence-electron chi connectivity index (χ4n) is 3.60. The van der Waals surface area contributed by atoms with Crippen molar-refractivity contribution in [2.24, 2.45) is 0 Å². The average molecular weight is 445 g/mol. The van der Waals surface area contributed by atoms with Crippen LogP contribution in [-0.4, -0.2) is 33.2 Å². The average Bonchev–Trinajstić information content (AvgIpc) is 2.71. The summed E-state index contributed by atoms with van der Waals surface area (Å²) in [5, 5.41) is 2.96. The summed E-state index contributed by atoms with van der Waals surface area (Å²) in [5.41, 5.74) is 3.54. The second kappa shape index (κ2) is 8.54. The summed E-state index contributed by atoms with van der Waals surface area (Å²) in [6.07, 6.45) is 1.17. The molecule has 0 unspecified atom stereocenters. The Labute approximate surface area is 185 Å². The molecule has 0 saturated carbocycles. The van der Waals surface area contributed by atoms with Gasteiger partial charge < -0.3 is 10.1 Å². The van der Waals surface area contributed by atoms with E-state index in [0.29, 0.717) is 11.4 Å². The number of carbonyl (C=O) groups is 1. The van der Waals surface area contributed by atoms with Crippen molar-refractivity contribution in [3.8, 4) is 5.75 Å². The molecule has 168 valence electrons. The van der Waals surface area contributed by atoms with Crippen LogP contribution in [0.2, 0.25) is 0 Å². The van der Waals surface area contributed by atoms with E-state index < -0.39 is 16.1 Å². The van der Waals surface area contributed by atoms with Gasteiger partial charge in [-0.2, -0.15) is 0 Å². The van der Waals surface area contributed by atoms with Crippen molar-refractivity contribution in [1.29, 1.82) is 0 Å². The molecule has 0 radical (unpaired) electrons. The Balaban J connectivity index is 1.84. The number of ether oxygens (including phenoxy) is 1. The monoisotopic (exact) mass is 444 g/mol. The minimum absolute atomic E-state index is 0.0627. The lowest BCUT2D eigenvalue weighted by Crippen LogP contribution is -2.50. The number of hydrogen-bond acceptors (Lipinski definition) is 4. The molecule has 2 atom stereocenters. The highest BCUT2D eigenvalue weighted by Gasteiger charge is 2.36. The minimum atomic E-state index is -3.58. The molecule has 2 aromatic rings. The highest BCUT2D eigenvalue weighted by molar-refractivity contribution is 7.92. The van der Waals surface area contributed by atoms with Gasteiger partial charge in [0.15, 0.2) is 6.10 Å². The van der Waals surface area contributed by atoms with Crippen LogP contribution in [0.5, 0.6) is 5.75 Å². The van der Waals surface area contributed by atoms with Crippen molar-refractivity contribution in [3.63, 3.8) is 0 Å². The number of carbonyl (C=O) groups excluding carboxylic acids is 1. The first kappa shape index (κ1) is 23.1. The van der Waals surface area contributed by atoms with Crippen molar-refractivity contribution in [2.45, 2.75) is 58.6 Å². The zero-order valence-electron chi connectivity index (χ0n) is 19.1. The first-order valence-electron chi connectivity index (χ1n) is 10.6. The molecule has 7 heteroatoms. The van der Waals surface area contributed by atoms with Crippen molar-refractivity contribution < 1.29 is 17.9 Å². The van der Waals surface area contributed by atoms with Crippen LogP contribution in [0.3, 0.4) is 0 Å². The molecule has 3 rings (SSSR count). The highest BCUT2D eigenvalue weighted by Crippen LogP contribution is 2.38. The summed E-state index contributed by atoms with van der Waals surface area (Å²) in [4.78, 5) is 13.0. The Bertz CT molecular complexity index is 1060. The van der Waals surface area contributed by atoms with E-state index in [1.807, 2.05) is 43.3 Å². The van der Waals surface area contributed by atoms with Crippen LogP contribution < -0.4 is 14.4 Å². The van der Waals surface area contributed by atoms with Crippen LogP contribution in [0.15, 0.2) is 42.5 Å². The summed E-state index contributed by atoms with van der Waals surface area (Å²) >= 11 is 0.